The van der Waals surface area contributed by atoms with Gasteiger partial charge in [-0.05, 0) is 81.1 Å². The number of piperidine rings is 1. The van der Waals surface area contributed by atoms with E-state index < -0.39 is 29.3 Å². The van der Waals surface area contributed by atoms with Crippen LogP contribution in [0.4, 0.5) is 18.9 Å². The fraction of sp³-hybridized carbons (Fsp3) is 0.564. The van der Waals surface area contributed by atoms with Crippen LogP contribution in [0.15, 0.2) is 29.3 Å². The van der Waals surface area contributed by atoms with E-state index in [1.165, 1.54) is 6.07 Å². The van der Waals surface area contributed by atoms with Gasteiger partial charge < -0.3 is 24.8 Å². The van der Waals surface area contributed by atoms with Gasteiger partial charge in [-0.2, -0.15) is 13.2 Å². The molecule has 3 heterocycles. The maximum atomic E-state index is 14.9. The van der Waals surface area contributed by atoms with Crippen LogP contribution < -0.4 is 15.0 Å². The van der Waals surface area contributed by atoms with Crippen LogP contribution in [0.25, 0.3) is 5.57 Å². The first-order valence-electron chi connectivity index (χ1n) is 18.7. The molecule has 2 aliphatic carbocycles. The lowest BCUT2D eigenvalue weighted by atomic mass is 9.74. The van der Waals surface area contributed by atoms with Crippen LogP contribution in [-0.4, -0.2) is 85.3 Å². The summed E-state index contributed by atoms with van der Waals surface area (Å²) in [5.74, 6) is -1.03. The van der Waals surface area contributed by atoms with Crippen molar-refractivity contribution in [3.8, 4) is 5.75 Å². The van der Waals surface area contributed by atoms with Crippen molar-refractivity contribution in [1.82, 2.24) is 15.1 Å². The number of anilines is 1. The average Bonchev–Trinajstić information content (AvgIpc) is 3.82. The van der Waals surface area contributed by atoms with Crippen molar-refractivity contribution in [2.24, 2.45) is 16.8 Å². The van der Waals surface area contributed by atoms with Gasteiger partial charge in [0.15, 0.2) is 11.4 Å². The number of halogens is 7. The van der Waals surface area contributed by atoms with E-state index in [-0.39, 0.29) is 61.7 Å². The molecule has 1 unspecified atom stereocenters. The van der Waals surface area contributed by atoms with E-state index in [0.29, 0.717) is 68.9 Å². The second kappa shape index (κ2) is 15.7. The molecule has 7 rings (SSSR count). The first-order chi connectivity index (χ1) is 25.7. The predicted molar refractivity (Wildman–Crippen MR) is 208 cm³/mol. The van der Waals surface area contributed by atoms with Crippen LogP contribution in [0.3, 0.4) is 0 Å². The van der Waals surface area contributed by atoms with E-state index in [9.17, 15) is 22.8 Å². The van der Waals surface area contributed by atoms with Crippen LogP contribution >= 0.6 is 46.4 Å². The molecule has 2 saturated carbocycles. The zero-order valence-electron chi connectivity index (χ0n) is 30.3. The normalized spacial score (nSPS) is 21.5. The highest BCUT2D eigenvalue weighted by molar-refractivity contribution is 6.52. The van der Waals surface area contributed by atoms with Crippen molar-refractivity contribution in [2.45, 2.75) is 82.7 Å². The fourth-order valence-corrected chi connectivity index (χ4v) is 9.38. The average molecular weight is 830 g/mol. The van der Waals surface area contributed by atoms with Crippen molar-refractivity contribution in [1.29, 1.82) is 0 Å². The fourth-order valence-electron chi connectivity index (χ4n) is 8.18. The molecule has 3 aliphatic heterocycles. The number of nitrogens with one attached hydrogen (secondary N) is 1. The number of ether oxygens (including phenoxy) is 1. The van der Waals surface area contributed by atoms with E-state index in [0.717, 1.165) is 32.1 Å². The van der Waals surface area contributed by atoms with Gasteiger partial charge in [0.1, 0.15) is 10.0 Å². The van der Waals surface area contributed by atoms with Crippen LogP contribution in [-0.2, 0) is 15.8 Å². The highest BCUT2D eigenvalue weighted by Crippen LogP contribution is 2.53. The zero-order chi connectivity index (χ0) is 38.5. The van der Waals surface area contributed by atoms with Gasteiger partial charge in [-0.1, -0.05) is 71.0 Å². The second-order valence-corrected chi connectivity index (χ2v) is 17.0. The number of amides is 2. The minimum atomic E-state index is -4.62. The lowest BCUT2D eigenvalue weighted by Gasteiger charge is -2.45. The van der Waals surface area contributed by atoms with Gasteiger partial charge in [0.2, 0.25) is 5.91 Å². The first kappa shape index (κ1) is 39.5. The summed E-state index contributed by atoms with van der Waals surface area (Å²) in [5, 5.41) is 3.34. The molecule has 15 heteroatoms. The van der Waals surface area contributed by atoms with Crippen LogP contribution in [0.5, 0.6) is 5.75 Å². The summed E-state index contributed by atoms with van der Waals surface area (Å²) < 4.78 is 51.0. The predicted octanol–water partition coefficient (Wildman–Crippen LogP) is 9.12. The Bertz CT molecular complexity index is 1860. The van der Waals surface area contributed by atoms with Gasteiger partial charge in [0.25, 0.3) is 5.91 Å². The molecule has 2 aromatic carbocycles. The Balaban J connectivity index is 1.19. The molecule has 4 fully saturated rings. The van der Waals surface area contributed by atoms with Gasteiger partial charge in [0, 0.05) is 51.5 Å². The third kappa shape index (κ3) is 7.82. The second-order valence-electron chi connectivity index (χ2n) is 15.4. The number of hydrogen-bond donors (Lipinski definition) is 1. The Morgan fingerprint density at radius 3 is 2.28 bits per heavy atom. The molecule has 2 amide bonds. The Morgan fingerprint density at radius 2 is 1.67 bits per heavy atom. The van der Waals surface area contributed by atoms with Gasteiger partial charge in [-0.15, -0.1) is 0 Å². The zero-order valence-corrected chi connectivity index (χ0v) is 33.3. The summed E-state index contributed by atoms with van der Waals surface area (Å²) in [6, 6.07) is 3.67. The number of carbonyl (C=O) groups is 2. The molecule has 2 atom stereocenters. The lowest BCUT2D eigenvalue weighted by Crippen LogP contribution is -2.54. The van der Waals surface area contributed by atoms with Crippen LogP contribution in [0.2, 0.25) is 20.1 Å². The summed E-state index contributed by atoms with van der Waals surface area (Å²) in [6.07, 6.45) is 3.81. The number of benzene rings is 2. The van der Waals surface area contributed by atoms with Crippen molar-refractivity contribution >= 4 is 75.7 Å². The van der Waals surface area contributed by atoms with Crippen molar-refractivity contribution in [3.63, 3.8) is 0 Å². The minimum absolute atomic E-state index is 0.000903. The summed E-state index contributed by atoms with van der Waals surface area (Å²) in [7, 11) is 0. The topological polar surface area (TPSA) is 77.5 Å². The molecule has 2 saturated heterocycles. The van der Waals surface area contributed by atoms with Crippen LogP contribution in [0.1, 0.15) is 81.5 Å². The molecular weight excluding hydrogens is 785 g/mol. The number of nitrogens with zero attached hydrogens (tertiary/aromatic N) is 4. The standard InChI is InChI=1S/C39H44Cl4F3N5O3/c1-38(2,37(53)49-17-14-47-15-18-49)54-35-31(42)29(40)30(41)34(32(35)43)50-16-4-7-25(21-50)36(52)51(26-9-10-26)33(22-5-3-6-22)27-11-8-23(24-12-13-48-20-24)19-28(27)39(44,45)46/h8,11-12,19-20,22,25-26,33,47H,3-7,9-10,13-18,21H2,1-2H3/t25-,33?/m1/s1. The van der Waals surface area contributed by atoms with Crippen molar-refractivity contribution in [2.75, 3.05) is 50.7 Å². The molecule has 0 spiro atoms. The number of piperazine rings is 1. The Morgan fingerprint density at radius 1 is 0.944 bits per heavy atom. The summed E-state index contributed by atoms with van der Waals surface area (Å²) in [6.45, 7) is 6.80. The number of aliphatic imine (C=N–C) groups is 1. The molecule has 5 aliphatic rings. The van der Waals surface area contributed by atoms with Crippen molar-refractivity contribution in [3.05, 3.63) is 61.1 Å². The molecule has 1 N–H and O–H groups in total. The molecule has 2 aromatic rings. The molecule has 0 bridgehead atoms. The number of carbonyl (C=O) groups excluding carboxylic acids is 2. The highest BCUT2D eigenvalue weighted by Gasteiger charge is 2.48. The molecule has 292 valence electrons. The highest BCUT2D eigenvalue weighted by atomic mass is 35.5. The maximum Gasteiger partial charge on any atom is 0.416 e. The van der Waals surface area contributed by atoms with Crippen LogP contribution in [0, 0.1) is 11.8 Å². The first-order valence-corrected chi connectivity index (χ1v) is 20.2. The number of hydrogen-bond acceptors (Lipinski definition) is 6. The summed E-state index contributed by atoms with van der Waals surface area (Å²) in [5.41, 5.74) is -0.457. The van der Waals surface area contributed by atoms with Gasteiger partial charge in [-0.25, -0.2) is 0 Å². The molecule has 0 aromatic heterocycles. The molecule has 8 nitrogen and oxygen atoms in total. The van der Waals surface area contributed by atoms with Gasteiger partial charge in [0.05, 0.1) is 39.8 Å². The molecule has 0 radical (unpaired) electrons. The monoisotopic (exact) mass is 827 g/mol. The number of alkyl halides is 3. The van der Waals surface area contributed by atoms with Gasteiger partial charge >= 0.3 is 6.18 Å². The number of allylic oxidation sites excluding steroid dienone is 1. The maximum absolute atomic E-state index is 14.9. The Kier molecular flexibility index (Phi) is 11.5. The van der Waals surface area contributed by atoms with E-state index in [4.69, 9.17) is 51.1 Å². The van der Waals surface area contributed by atoms with E-state index in [1.54, 1.807) is 42.0 Å². The van der Waals surface area contributed by atoms with E-state index >= 15 is 0 Å². The molecule has 54 heavy (non-hydrogen) atoms. The SMILES string of the molecule is CC(C)(Oc1c(Cl)c(Cl)c(Cl)c(N2CCC[C@@H](C(=O)N(C3CC3)C(c3ccc(C4=CCN=C4)cc3C(F)(F)F)C3CCC3)C2)c1Cl)C(=O)N1CCNCC1. The van der Waals surface area contributed by atoms with Gasteiger partial charge in [-0.3, -0.25) is 14.6 Å². The van der Waals surface area contributed by atoms with Crippen molar-refractivity contribution < 1.29 is 27.5 Å². The Labute approximate surface area is 333 Å². The third-order valence-electron chi connectivity index (χ3n) is 11.3. The third-order valence-corrected chi connectivity index (χ3v) is 13.0. The quantitative estimate of drug-likeness (QED) is 0.191. The summed E-state index contributed by atoms with van der Waals surface area (Å²) in [4.78, 5) is 37.9. The smallest absolute Gasteiger partial charge is 0.416 e. The number of rotatable bonds is 10. The largest absolute Gasteiger partial charge is 0.475 e. The lowest BCUT2D eigenvalue weighted by molar-refractivity contribution is -0.146. The minimum Gasteiger partial charge on any atom is -0.475 e. The summed E-state index contributed by atoms with van der Waals surface area (Å²) >= 11 is 27.3. The van der Waals surface area contributed by atoms with E-state index in [1.807, 2.05) is 11.0 Å². The van der Waals surface area contributed by atoms with E-state index in [2.05, 4.69) is 10.3 Å². The Hall–Kier alpha value is -2.70. The molecular formula is C39H44Cl4F3N5O3.